The summed E-state index contributed by atoms with van der Waals surface area (Å²) in [5, 5.41) is 0. The van der Waals surface area contributed by atoms with Gasteiger partial charge in [0.15, 0.2) is 0 Å². The van der Waals surface area contributed by atoms with Gasteiger partial charge in [-0.25, -0.2) is 0 Å². The molecular formula is C22H29N3O. The number of pyridine rings is 2. The van der Waals surface area contributed by atoms with Crippen molar-refractivity contribution in [3.05, 3.63) is 51.6 Å². The van der Waals surface area contributed by atoms with Crippen molar-refractivity contribution in [3.8, 4) is 11.3 Å². The number of aromatic nitrogens is 2. The van der Waals surface area contributed by atoms with Crippen LogP contribution in [0.1, 0.15) is 43.1 Å². The summed E-state index contributed by atoms with van der Waals surface area (Å²) in [6.07, 6.45) is 1.21. The van der Waals surface area contributed by atoms with Crippen LogP contribution in [0.5, 0.6) is 0 Å². The summed E-state index contributed by atoms with van der Waals surface area (Å²) in [5.74, 6) is 1.74. The van der Waals surface area contributed by atoms with Crippen LogP contribution in [0.25, 0.3) is 11.3 Å². The van der Waals surface area contributed by atoms with E-state index in [9.17, 15) is 4.79 Å². The van der Waals surface area contributed by atoms with E-state index in [2.05, 4.69) is 37.8 Å². The number of aryl methyl sites for hydroxylation is 2. The highest BCUT2D eigenvalue weighted by Gasteiger charge is 2.35. The van der Waals surface area contributed by atoms with Gasteiger partial charge in [0, 0.05) is 55.1 Å². The second-order valence-corrected chi connectivity index (χ2v) is 8.63. The minimum absolute atomic E-state index is 0.129. The van der Waals surface area contributed by atoms with Gasteiger partial charge in [0.25, 0.3) is 5.56 Å². The summed E-state index contributed by atoms with van der Waals surface area (Å²) in [6, 6.07) is 8.12. The lowest BCUT2D eigenvalue weighted by Gasteiger charge is -2.43. The molecule has 2 atom stereocenters. The molecule has 4 heterocycles. The first kappa shape index (κ1) is 17.5. The van der Waals surface area contributed by atoms with Gasteiger partial charge in [-0.2, -0.15) is 0 Å². The van der Waals surface area contributed by atoms with E-state index >= 15 is 0 Å². The quantitative estimate of drug-likeness (QED) is 0.848. The minimum Gasteiger partial charge on any atom is -0.312 e. The number of likely N-dealkylation sites (tertiary alicyclic amines) is 1. The summed E-state index contributed by atoms with van der Waals surface area (Å²) in [4.78, 5) is 20.1. The molecule has 4 rings (SSSR count). The molecule has 0 N–H and O–H groups in total. The van der Waals surface area contributed by atoms with Crippen LogP contribution in [-0.4, -0.2) is 34.1 Å². The Morgan fingerprint density at radius 2 is 1.96 bits per heavy atom. The van der Waals surface area contributed by atoms with Gasteiger partial charge in [0.1, 0.15) is 0 Å². The average molecular weight is 351 g/mol. The first-order chi connectivity index (χ1) is 12.4. The van der Waals surface area contributed by atoms with Crippen LogP contribution in [0.2, 0.25) is 0 Å². The topological polar surface area (TPSA) is 38.1 Å². The lowest BCUT2D eigenvalue weighted by Crippen LogP contribution is -2.48. The first-order valence-electron chi connectivity index (χ1n) is 9.82. The van der Waals surface area contributed by atoms with Gasteiger partial charge in [0.05, 0.1) is 5.69 Å². The van der Waals surface area contributed by atoms with Gasteiger partial charge in [-0.1, -0.05) is 19.9 Å². The molecule has 4 heteroatoms. The van der Waals surface area contributed by atoms with E-state index in [0.717, 1.165) is 43.1 Å². The van der Waals surface area contributed by atoms with E-state index in [1.807, 2.05) is 17.6 Å². The molecule has 0 amide bonds. The van der Waals surface area contributed by atoms with Crippen molar-refractivity contribution in [1.29, 1.82) is 0 Å². The molecule has 2 bridgehead atoms. The third kappa shape index (κ3) is 3.23. The van der Waals surface area contributed by atoms with Crippen molar-refractivity contribution in [1.82, 2.24) is 14.5 Å². The van der Waals surface area contributed by atoms with Crippen molar-refractivity contribution in [3.63, 3.8) is 0 Å². The Labute approximate surface area is 155 Å². The molecule has 0 radical (unpaired) electrons. The molecule has 4 nitrogen and oxygen atoms in total. The number of piperidine rings is 1. The summed E-state index contributed by atoms with van der Waals surface area (Å²) >= 11 is 0. The second kappa shape index (κ2) is 6.66. The number of fused-ring (bicyclic) bond motifs is 4. The van der Waals surface area contributed by atoms with E-state index in [1.165, 1.54) is 17.7 Å². The summed E-state index contributed by atoms with van der Waals surface area (Å²) in [5.41, 5.74) is 5.42. The molecule has 2 aliphatic rings. The summed E-state index contributed by atoms with van der Waals surface area (Å²) in [7, 11) is 0. The average Bonchev–Trinajstić information content (AvgIpc) is 2.57. The van der Waals surface area contributed by atoms with Crippen LogP contribution < -0.4 is 5.56 Å². The van der Waals surface area contributed by atoms with E-state index in [4.69, 9.17) is 4.98 Å². The van der Waals surface area contributed by atoms with Crippen LogP contribution in [0.4, 0.5) is 0 Å². The van der Waals surface area contributed by atoms with Crippen LogP contribution in [0.3, 0.4) is 0 Å². The van der Waals surface area contributed by atoms with Crippen molar-refractivity contribution < 1.29 is 0 Å². The molecule has 138 valence electrons. The second-order valence-electron chi connectivity index (χ2n) is 8.63. The number of rotatable bonds is 3. The molecule has 0 aromatic carbocycles. The monoisotopic (exact) mass is 351 g/mol. The lowest BCUT2D eigenvalue weighted by molar-refractivity contribution is 0.109. The molecule has 2 aromatic heterocycles. The molecule has 1 saturated heterocycles. The largest absolute Gasteiger partial charge is 0.312 e. The van der Waals surface area contributed by atoms with Crippen LogP contribution in [0, 0.1) is 25.7 Å². The van der Waals surface area contributed by atoms with Crippen LogP contribution in [0.15, 0.2) is 29.1 Å². The van der Waals surface area contributed by atoms with Crippen molar-refractivity contribution in [2.75, 3.05) is 19.6 Å². The zero-order valence-corrected chi connectivity index (χ0v) is 16.3. The van der Waals surface area contributed by atoms with E-state index in [0.29, 0.717) is 17.8 Å². The lowest BCUT2D eigenvalue weighted by atomic mass is 9.82. The van der Waals surface area contributed by atoms with Gasteiger partial charge < -0.3 is 9.47 Å². The Balaban J connectivity index is 1.72. The maximum absolute atomic E-state index is 12.8. The molecule has 1 fully saturated rings. The van der Waals surface area contributed by atoms with Gasteiger partial charge in [-0.15, -0.1) is 0 Å². The highest BCUT2D eigenvalue weighted by Crippen LogP contribution is 2.36. The molecule has 26 heavy (non-hydrogen) atoms. The molecule has 0 spiro atoms. The van der Waals surface area contributed by atoms with Crippen molar-refractivity contribution >= 4 is 0 Å². The predicted octanol–water partition coefficient (Wildman–Crippen LogP) is 3.60. The molecular weight excluding hydrogens is 322 g/mol. The fraction of sp³-hybridized carbons (Fsp3) is 0.545. The fourth-order valence-electron chi connectivity index (χ4n) is 4.66. The summed E-state index contributed by atoms with van der Waals surface area (Å²) < 4.78 is 2.02. The molecule has 0 saturated carbocycles. The SMILES string of the molecule is Cc1ccc(-c2cc3n(c(=O)c2)C[C@H]2C[C@@H]3CN(CC(C)C)C2)nc1C. The Bertz CT molecular complexity index is 883. The Kier molecular flexibility index (Phi) is 4.47. The Hall–Kier alpha value is -1.94. The highest BCUT2D eigenvalue weighted by molar-refractivity contribution is 5.60. The zero-order chi connectivity index (χ0) is 18.4. The Morgan fingerprint density at radius 3 is 2.69 bits per heavy atom. The number of hydrogen-bond donors (Lipinski definition) is 0. The highest BCUT2D eigenvalue weighted by atomic mass is 16.1. The van der Waals surface area contributed by atoms with Gasteiger partial charge in [0.2, 0.25) is 0 Å². The zero-order valence-electron chi connectivity index (χ0n) is 16.3. The van der Waals surface area contributed by atoms with E-state index < -0.39 is 0 Å². The maximum atomic E-state index is 12.8. The standard InChI is InChI=1S/C22H29N3O/c1-14(2)10-24-11-17-7-19(13-24)21-8-18(9-22(26)25(21)12-17)20-6-5-15(3)16(4)23-20/h5-6,8-9,14,17,19H,7,10-13H2,1-4H3/t17-,19+/m0/s1. The van der Waals surface area contributed by atoms with Crippen LogP contribution >= 0.6 is 0 Å². The van der Waals surface area contributed by atoms with Crippen molar-refractivity contribution in [2.24, 2.45) is 11.8 Å². The number of nitrogens with zero attached hydrogens (tertiary/aromatic N) is 3. The predicted molar refractivity (Wildman–Crippen MR) is 106 cm³/mol. The van der Waals surface area contributed by atoms with Gasteiger partial charge >= 0.3 is 0 Å². The van der Waals surface area contributed by atoms with Crippen molar-refractivity contribution in [2.45, 2.75) is 46.6 Å². The van der Waals surface area contributed by atoms with Gasteiger partial charge in [-0.05, 0) is 49.8 Å². The Morgan fingerprint density at radius 1 is 1.15 bits per heavy atom. The van der Waals surface area contributed by atoms with Crippen LogP contribution in [-0.2, 0) is 6.54 Å². The fourth-order valence-corrected chi connectivity index (χ4v) is 4.66. The number of hydrogen-bond acceptors (Lipinski definition) is 3. The molecule has 2 aliphatic heterocycles. The van der Waals surface area contributed by atoms with Gasteiger partial charge in [-0.3, -0.25) is 9.78 Å². The minimum atomic E-state index is 0.129. The third-order valence-electron chi connectivity index (χ3n) is 5.90. The summed E-state index contributed by atoms with van der Waals surface area (Å²) in [6.45, 7) is 12.9. The molecule has 2 aromatic rings. The molecule has 0 aliphatic carbocycles. The smallest absolute Gasteiger partial charge is 0.251 e. The van der Waals surface area contributed by atoms with E-state index in [-0.39, 0.29) is 5.56 Å². The maximum Gasteiger partial charge on any atom is 0.251 e. The normalized spacial score (nSPS) is 22.5. The van der Waals surface area contributed by atoms with E-state index in [1.54, 1.807) is 6.07 Å². The third-order valence-corrected chi connectivity index (χ3v) is 5.90. The molecule has 0 unspecified atom stereocenters. The first-order valence-corrected chi connectivity index (χ1v) is 9.82.